The molecule has 0 saturated carbocycles. The zero-order valence-corrected chi connectivity index (χ0v) is 9.63. The summed E-state index contributed by atoms with van der Waals surface area (Å²) in [6, 6.07) is 2.80. The lowest BCUT2D eigenvalue weighted by atomic mass is 10.1. The van der Waals surface area contributed by atoms with Gasteiger partial charge in [-0.1, -0.05) is 0 Å². The topological polar surface area (TPSA) is 29.5 Å². The first-order chi connectivity index (χ1) is 7.77. The van der Waals surface area contributed by atoms with E-state index in [2.05, 4.69) is 4.84 Å². The Hall–Kier alpha value is -1.56. The van der Waals surface area contributed by atoms with Crippen molar-refractivity contribution in [3.8, 4) is 0 Å². The first-order valence-corrected chi connectivity index (χ1v) is 4.77. The molecular weight excluding hydrogens is 235 g/mol. The molecule has 6 heteroatoms. The molecule has 0 aliphatic carbocycles. The highest BCUT2D eigenvalue weighted by Crippen LogP contribution is 2.29. The van der Waals surface area contributed by atoms with E-state index in [0.717, 1.165) is 23.3 Å². The summed E-state index contributed by atoms with van der Waals surface area (Å²) in [4.78, 5) is 16.2. The van der Waals surface area contributed by atoms with E-state index in [0.29, 0.717) is 6.92 Å². The molecule has 0 radical (unpaired) electrons. The number of hydrogen-bond donors (Lipinski definition) is 0. The Morgan fingerprint density at radius 2 is 2.00 bits per heavy atom. The van der Waals surface area contributed by atoms with Crippen molar-refractivity contribution in [2.45, 2.75) is 12.8 Å². The van der Waals surface area contributed by atoms with Gasteiger partial charge in [-0.25, -0.2) is 18.2 Å². The molecule has 0 aromatic heterocycles. The monoisotopic (exact) mass is 247 g/mol. The number of carbonyl (C=O) groups is 1. The Labute approximate surface area is 96.7 Å². The van der Waals surface area contributed by atoms with Crippen LogP contribution in [-0.4, -0.2) is 25.1 Å². The van der Waals surface area contributed by atoms with E-state index in [1.165, 1.54) is 14.2 Å². The van der Waals surface area contributed by atoms with Crippen molar-refractivity contribution in [2.24, 2.45) is 0 Å². The number of rotatable bonds is 3. The second-order valence-electron chi connectivity index (χ2n) is 3.57. The van der Waals surface area contributed by atoms with E-state index in [-0.39, 0.29) is 5.56 Å². The van der Waals surface area contributed by atoms with Gasteiger partial charge in [0.25, 0.3) is 11.8 Å². The quantitative estimate of drug-likeness (QED) is 0.768. The van der Waals surface area contributed by atoms with Crippen molar-refractivity contribution < 1.29 is 22.8 Å². The molecular formula is C11H12F3NO2. The van der Waals surface area contributed by atoms with Crippen LogP contribution < -0.4 is 0 Å². The summed E-state index contributed by atoms with van der Waals surface area (Å²) in [7, 11) is 2.60. The van der Waals surface area contributed by atoms with Gasteiger partial charge in [0.1, 0.15) is 5.82 Å². The molecule has 17 heavy (non-hydrogen) atoms. The fraction of sp³-hybridized carbons (Fsp3) is 0.364. The van der Waals surface area contributed by atoms with Crippen molar-refractivity contribution in [2.75, 3.05) is 14.2 Å². The van der Waals surface area contributed by atoms with Crippen LogP contribution in [0.2, 0.25) is 0 Å². The highest BCUT2D eigenvalue weighted by Gasteiger charge is 2.28. The molecule has 1 amide bonds. The van der Waals surface area contributed by atoms with E-state index >= 15 is 0 Å². The van der Waals surface area contributed by atoms with Crippen LogP contribution >= 0.6 is 0 Å². The summed E-state index contributed by atoms with van der Waals surface area (Å²) in [5.74, 6) is -5.01. The van der Waals surface area contributed by atoms with Gasteiger partial charge in [0, 0.05) is 19.5 Å². The Morgan fingerprint density at radius 1 is 1.41 bits per heavy atom. The van der Waals surface area contributed by atoms with E-state index < -0.39 is 23.2 Å². The van der Waals surface area contributed by atoms with Gasteiger partial charge in [-0.15, -0.1) is 0 Å². The van der Waals surface area contributed by atoms with Gasteiger partial charge < -0.3 is 0 Å². The number of benzene rings is 1. The molecule has 1 aromatic carbocycles. The SMILES string of the molecule is CON(C)C(=O)c1ccc(C(C)(F)F)c(F)c1. The smallest absolute Gasteiger partial charge is 0.274 e. The molecule has 0 bridgehead atoms. The lowest BCUT2D eigenvalue weighted by Gasteiger charge is -2.15. The average molecular weight is 247 g/mol. The predicted octanol–water partition coefficient (Wildman–Crippen LogP) is 2.57. The third-order valence-electron chi connectivity index (χ3n) is 2.25. The lowest BCUT2D eigenvalue weighted by Crippen LogP contribution is -2.25. The summed E-state index contributed by atoms with van der Waals surface area (Å²) in [6.45, 7) is 0.591. The Kier molecular flexibility index (Phi) is 3.77. The van der Waals surface area contributed by atoms with Crippen LogP contribution in [0.5, 0.6) is 0 Å². The molecule has 0 fully saturated rings. The summed E-state index contributed by atoms with van der Waals surface area (Å²) in [5, 5.41) is 0.874. The zero-order valence-electron chi connectivity index (χ0n) is 9.63. The van der Waals surface area contributed by atoms with Gasteiger partial charge >= 0.3 is 0 Å². The summed E-state index contributed by atoms with van der Waals surface area (Å²) < 4.78 is 39.2. The summed E-state index contributed by atoms with van der Waals surface area (Å²) in [6.07, 6.45) is 0. The molecule has 0 heterocycles. The second kappa shape index (κ2) is 4.75. The van der Waals surface area contributed by atoms with Crippen molar-refractivity contribution >= 4 is 5.91 Å². The van der Waals surface area contributed by atoms with Crippen LogP contribution in [0.4, 0.5) is 13.2 Å². The predicted molar refractivity (Wildman–Crippen MR) is 55.1 cm³/mol. The summed E-state index contributed by atoms with van der Waals surface area (Å²) in [5.41, 5.74) is -0.797. The Balaban J connectivity index is 3.09. The molecule has 0 saturated heterocycles. The molecule has 0 spiro atoms. The molecule has 0 aliphatic rings. The van der Waals surface area contributed by atoms with Crippen molar-refractivity contribution in [3.05, 3.63) is 35.1 Å². The maximum absolute atomic E-state index is 13.4. The molecule has 1 rings (SSSR count). The fourth-order valence-electron chi connectivity index (χ4n) is 1.27. The minimum Gasteiger partial charge on any atom is -0.274 e. The van der Waals surface area contributed by atoms with Crippen LogP contribution in [0, 0.1) is 5.82 Å². The molecule has 0 atom stereocenters. The zero-order chi connectivity index (χ0) is 13.2. The maximum Gasteiger partial charge on any atom is 0.277 e. The van der Waals surface area contributed by atoms with Crippen LogP contribution in [0.15, 0.2) is 18.2 Å². The van der Waals surface area contributed by atoms with E-state index in [9.17, 15) is 18.0 Å². The van der Waals surface area contributed by atoms with Crippen molar-refractivity contribution in [1.29, 1.82) is 0 Å². The normalized spacial score (nSPS) is 11.4. The number of carbonyl (C=O) groups excluding carboxylic acids is 1. The molecule has 0 N–H and O–H groups in total. The number of alkyl halides is 2. The fourth-order valence-corrected chi connectivity index (χ4v) is 1.27. The maximum atomic E-state index is 13.4. The molecule has 0 unspecified atom stereocenters. The van der Waals surface area contributed by atoms with Gasteiger partial charge in [-0.3, -0.25) is 9.63 Å². The van der Waals surface area contributed by atoms with E-state index in [1.54, 1.807) is 0 Å². The number of hydroxylamine groups is 2. The summed E-state index contributed by atoms with van der Waals surface area (Å²) >= 11 is 0. The second-order valence-corrected chi connectivity index (χ2v) is 3.57. The van der Waals surface area contributed by atoms with Gasteiger partial charge in [-0.2, -0.15) is 0 Å². The lowest BCUT2D eigenvalue weighted by molar-refractivity contribution is -0.0757. The first-order valence-electron chi connectivity index (χ1n) is 4.77. The van der Waals surface area contributed by atoms with Gasteiger partial charge in [0.15, 0.2) is 0 Å². The van der Waals surface area contributed by atoms with Gasteiger partial charge in [-0.05, 0) is 18.2 Å². The number of nitrogens with zero attached hydrogens (tertiary/aromatic N) is 1. The van der Waals surface area contributed by atoms with Crippen molar-refractivity contribution in [1.82, 2.24) is 5.06 Å². The first kappa shape index (κ1) is 13.5. The molecule has 94 valence electrons. The Bertz CT molecular complexity index is 429. The molecule has 1 aromatic rings. The minimum absolute atomic E-state index is 0.0557. The number of amides is 1. The van der Waals surface area contributed by atoms with Crippen molar-refractivity contribution in [3.63, 3.8) is 0 Å². The molecule has 0 aliphatic heterocycles. The van der Waals surface area contributed by atoms with Crippen LogP contribution in [0.3, 0.4) is 0 Å². The largest absolute Gasteiger partial charge is 0.277 e. The molecule has 3 nitrogen and oxygen atoms in total. The Morgan fingerprint density at radius 3 is 2.41 bits per heavy atom. The number of hydrogen-bond acceptors (Lipinski definition) is 2. The van der Waals surface area contributed by atoms with Crippen LogP contribution in [0.1, 0.15) is 22.8 Å². The minimum atomic E-state index is -3.28. The van der Waals surface area contributed by atoms with E-state index in [1.807, 2.05) is 0 Å². The highest BCUT2D eigenvalue weighted by molar-refractivity contribution is 5.93. The average Bonchev–Trinajstić information content (AvgIpc) is 2.25. The van der Waals surface area contributed by atoms with Crippen LogP contribution in [-0.2, 0) is 10.8 Å². The third-order valence-corrected chi connectivity index (χ3v) is 2.25. The van der Waals surface area contributed by atoms with Gasteiger partial charge in [0.2, 0.25) is 0 Å². The van der Waals surface area contributed by atoms with Gasteiger partial charge in [0.05, 0.1) is 12.7 Å². The standard InChI is InChI=1S/C11H12F3NO2/c1-11(13,14)8-5-4-7(6-9(8)12)10(16)15(2)17-3/h4-6H,1-3H3. The highest BCUT2D eigenvalue weighted by atomic mass is 19.3. The van der Waals surface area contributed by atoms with E-state index in [4.69, 9.17) is 0 Å². The number of halogens is 3. The third kappa shape index (κ3) is 2.97. The van der Waals surface area contributed by atoms with Crippen LogP contribution in [0.25, 0.3) is 0 Å².